The van der Waals surface area contributed by atoms with Crippen LogP contribution in [-0.2, 0) is 14.3 Å². The molecule has 0 aliphatic heterocycles. The largest absolute Gasteiger partial charge is 0.466 e. The Kier molecular flexibility index (Phi) is 5.11. The summed E-state index contributed by atoms with van der Waals surface area (Å²) >= 11 is 3.06. The quantitative estimate of drug-likeness (QED) is 0.409. The highest BCUT2D eigenvalue weighted by molar-refractivity contribution is 9.10. The van der Waals surface area contributed by atoms with E-state index in [4.69, 9.17) is 0 Å². The molecule has 3 nitrogen and oxygen atoms in total. The standard InChI is InChI=1S/C7H11BrO3/c1-3-11-7(10)4-6(9)5(2)8/h5H,3-4H2,1-2H3/t5-/m1/s1. The van der Waals surface area contributed by atoms with Crippen molar-refractivity contribution in [3.05, 3.63) is 0 Å². The van der Waals surface area contributed by atoms with E-state index in [1.807, 2.05) is 0 Å². The number of ketones is 1. The SMILES string of the molecule is CCOC(=O)CC(=O)[C@@H](C)Br. The van der Waals surface area contributed by atoms with Crippen LogP contribution in [0, 0.1) is 0 Å². The van der Waals surface area contributed by atoms with Gasteiger partial charge in [0.1, 0.15) is 6.42 Å². The van der Waals surface area contributed by atoms with Crippen LogP contribution in [0.15, 0.2) is 0 Å². The van der Waals surface area contributed by atoms with Crippen molar-refractivity contribution in [3.8, 4) is 0 Å². The summed E-state index contributed by atoms with van der Waals surface area (Å²) in [6, 6.07) is 0. The molecule has 0 unspecified atom stereocenters. The normalized spacial score (nSPS) is 12.3. The molecule has 0 amide bonds. The molecule has 0 fully saturated rings. The van der Waals surface area contributed by atoms with E-state index in [0.29, 0.717) is 6.61 Å². The number of carbonyl (C=O) groups is 2. The molecule has 0 heterocycles. The average Bonchev–Trinajstić information content (AvgIpc) is 1.87. The van der Waals surface area contributed by atoms with Crippen molar-refractivity contribution in [1.29, 1.82) is 0 Å². The Hall–Kier alpha value is -0.380. The first-order valence-corrected chi connectivity index (χ1v) is 4.32. The van der Waals surface area contributed by atoms with Gasteiger partial charge in [0.2, 0.25) is 0 Å². The first kappa shape index (κ1) is 10.6. The molecule has 4 heteroatoms. The molecule has 0 spiro atoms. The van der Waals surface area contributed by atoms with Crippen LogP contribution in [0.2, 0.25) is 0 Å². The molecule has 0 aliphatic carbocycles. The molecule has 0 aromatic rings. The lowest BCUT2D eigenvalue weighted by Gasteiger charge is -2.01. The molecular weight excluding hydrogens is 212 g/mol. The number of ether oxygens (including phenoxy) is 1. The van der Waals surface area contributed by atoms with E-state index in [-0.39, 0.29) is 17.0 Å². The van der Waals surface area contributed by atoms with Gasteiger partial charge in [-0.2, -0.15) is 0 Å². The molecule has 1 atom stereocenters. The molecule has 0 aromatic heterocycles. The predicted molar refractivity (Wildman–Crippen MR) is 44.6 cm³/mol. The van der Waals surface area contributed by atoms with E-state index >= 15 is 0 Å². The first-order chi connectivity index (χ1) is 5.07. The highest BCUT2D eigenvalue weighted by Crippen LogP contribution is 2.02. The number of esters is 1. The zero-order valence-electron chi connectivity index (χ0n) is 6.59. The number of halogens is 1. The lowest BCUT2D eigenvalue weighted by atomic mass is 10.2. The number of Topliss-reactive ketones (excluding diaryl/α,β-unsaturated/α-hetero) is 1. The molecule has 64 valence electrons. The second-order valence-corrected chi connectivity index (χ2v) is 3.44. The summed E-state index contributed by atoms with van der Waals surface area (Å²) in [7, 11) is 0. The zero-order chi connectivity index (χ0) is 8.85. The molecule has 0 radical (unpaired) electrons. The zero-order valence-corrected chi connectivity index (χ0v) is 8.18. The third-order valence-corrected chi connectivity index (χ3v) is 1.58. The van der Waals surface area contributed by atoms with Gasteiger partial charge in [-0.25, -0.2) is 0 Å². The second kappa shape index (κ2) is 5.29. The van der Waals surface area contributed by atoms with Crippen molar-refractivity contribution in [2.75, 3.05) is 6.61 Å². The monoisotopic (exact) mass is 222 g/mol. The summed E-state index contributed by atoms with van der Waals surface area (Å²) in [4.78, 5) is 21.3. The minimum absolute atomic E-state index is 0.139. The van der Waals surface area contributed by atoms with Crippen LogP contribution in [0.5, 0.6) is 0 Å². The summed E-state index contributed by atoms with van der Waals surface area (Å²) < 4.78 is 4.58. The minimum Gasteiger partial charge on any atom is -0.466 e. The molecule has 0 aliphatic rings. The Morgan fingerprint density at radius 3 is 2.45 bits per heavy atom. The summed E-state index contributed by atoms with van der Waals surface area (Å²) in [5.74, 6) is -0.604. The number of carbonyl (C=O) groups excluding carboxylic acids is 2. The van der Waals surface area contributed by atoms with Gasteiger partial charge in [0.15, 0.2) is 5.78 Å². The third kappa shape index (κ3) is 4.95. The fraction of sp³-hybridized carbons (Fsp3) is 0.714. The fourth-order valence-electron chi connectivity index (χ4n) is 0.495. The number of alkyl halides is 1. The van der Waals surface area contributed by atoms with Gasteiger partial charge in [0.05, 0.1) is 11.4 Å². The van der Waals surface area contributed by atoms with E-state index < -0.39 is 5.97 Å². The summed E-state index contributed by atoms with van der Waals surface area (Å²) in [6.07, 6.45) is -0.139. The summed E-state index contributed by atoms with van der Waals surface area (Å²) in [5, 5.41) is 0. The maximum absolute atomic E-state index is 10.9. The Balaban J connectivity index is 3.67. The van der Waals surface area contributed by atoms with Crippen molar-refractivity contribution in [3.63, 3.8) is 0 Å². The summed E-state index contributed by atoms with van der Waals surface area (Å²) in [5.41, 5.74) is 0. The highest BCUT2D eigenvalue weighted by Gasteiger charge is 2.14. The molecule has 0 aromatic carbocycles. The third-order valence-electron chi connectivity index (χ3n) is 1.07. The fourth-order valence-corrected chi connectivity index (χ4v) is 0.657. The van der Waals surface area contributed by atoms with Crippen LogP contribution in [-0.4, -0.2) is 23.2 Å². The second-order valence-electron chi connectivity index (χ2n) is 2.06. The van der Waals surface area contributed by atoms with Gasteiger partial charge >= 0.3 is 5.97 Å². The Morgan fingerprint density at radius 2 is 2.09 bits per heavy atom. The molecule has 0 saturated heterocycles. The van der Waals surface area contributed by atoms with Crippen LogP contribution < -0.4 is 0 Å². The number of hydrogen-bond acceptors (Lipinski definition) is 3. The van der Waals surface area contributed by atoms with Crippen molar-refractivity contribution in [2.45, 2.75) is 25.1 Å². The highest BCUT2D eigenvalue weighted by atomic mass is 79.9. The molecular formula is C7H11BrO3. The maximum atomic E-state index is 10.9. The predicted octanol–water partition coefficient (Wildman–Crippen LogP) is 1.29. The molecule has 0 rings (SSSR count). The van der Waals surface area contributed by atoms with E-state index in [1.165, 1.54) is 0 Å². The van der Waals surface area contributed by atoms with Crippen molar-refractivity contribution in [1.82, 2.24) is 0 Å². The molecule has 0 saturated carbocycles. The molecule has 11 heavy (non-hydrogen) atoms. The minimum atomic E-state index is -0.455. The summed E-state index contributed by atoms with van der Waals surface area (Å²) in [6.45, 7) is 3.71. The van der Waals surface area contributed by atoms with Gasteiger partial charge in [-0.3, -0.25) is 9.59 Å². The van der Waals surface area contributed by atoms with Gasteiger partial charge in [-0.05, 0) is 13.8 Å². The maximum Gasteiger partial charge on any atom is 0.313 e. The number of rotatable bonds is 4. The lowest BCUT2D eigenvalue weighted by molar-refractivity contribution is -0.145. The van der Waals surface area contributed by atoms with Crippen LogP contribution in [0.3, 0.4) is 0 Å². The van der Waals surface area contributed by atoms with Gasteiger partial charge in [-0.15, -0.1) is 0 Å². The van der Waals surface area contributed by atoms with Gasteiger partial charge in [0.25, 0.3) is 0 Å². The smallest absolute Gasteiger partial charge is 0.313 e. The van der Waals surface area contributed by atoms with E-state index in [1.54, 1.807) is 13.8 Å². The van der Waals surface area contributed by atoms with Crippen molar-refractivity contribution < 1.29 is 14.3 Å². The first-order valence-electron chi connectivity index (χ1n) is 3.40. The van der Waals surface area contributed by atoms with Gasteiger partial charge in [0, 0.05) is 0 Å². The van der Waals surface area contributed by atoms with Crippen LogP contribution in [0.4, 0.5) is 0 Å². The van der Waals surface area contributed by atoms with Crippen LogP contribution >= 0.6 is 15.9 Å². The number of hydrogen-bond donors (Lipinski definition) is 0. The van der Waals surface area contributed by atoms with Gasteiger partial charge in [-0.1, -0.05) is 15.9 Å². The Labute approximate surface area is 74.2 Å². The van der Waals surface area contributed by atoms with Crippen molar-refractivity contribution >= 4 is 27.7 Å². The van der Waals surface area contributed by atoms with E-state index in [9.17, 15) is 9.59 Å². The Morgan fingerprint density at radius 1 is 1.55 bits per heavy atom. The topological polar surface area (TPSA) is 43.4 Å². The molecule has 0 bridgehead atoms. The van der Waals surface area contributed by atoms with Crippen LogP contribution in [0.25, 0.3) is 0 Å². The van der Waals surface area contributed by atoms with Crippen LogP contribution in [0.1, 0.15) is 20.3 Å². The van der Waals surface area contributed by atoms with E-state index in [0.717, 1.165) is 0 Å². The van der Waals surface area contributed by atoms with Crippen molar-refractivity contribution in [2.24, 2.45) is 0 Å². The van der Waals surface area contributed by atoms with Gasteiger partial charge < -0.3 is 4.74 Å². The molecule has 0 N–H and O–H groups in total. The lowest BCUT2D eigenvalue weighted by Crippen LogP contribution is -2.16. The Bertz CT molecular complexity index is 154. The van der Waals surface area contributed by atoms with E-state index in [2.05, 4.69) is 20.7 Å². The average molecular weight is 223 g/mol.